The maximum absolute atomic E-state index is 12.9. The Morgan fingerprint density at radius 2 is 1.89 bits per heavy atom. The highest BCUT2D eigenvalue weighted by Gasteiger charge is 2.10. The van der Waals surface area contributed by atoms with Gasteiger partial charge in [-0.15, -0.1) is 0 Å². The van der Waals surface area contributed by atoms with Crippen molar-refractivity contribution < 1.29 is 9.18 Å². The first-order valence-corrected chi connectivity index (χ1v) is 9.73. The van der Waals surface area contributed by atoms with Crippen molar-refractivity contribution in [1.29, 1.82) is 0 Å². The lowest BCUT2D eigenvalue weighted by Gasteiger charge is -2.18. The van der Waals surface area contributed by atoms with Crippen molar-refractivity contribution in [3.05, 3.63) is 59.9 Å². The van der Waals surface area contributed by atoms with E-state index in [-0.39, 0.29) is 11.7 Å². The number of anilines is 2. The number of rotatable bonds is 7. The number of carbonyl (C=O) groups is 1. The molecule has 28 heavy (non-hydrogen) atoms. The summed E-state index contributed by atoms with van der Waals surface area (Å²) < 4.78 is 13.9. The number of carbonyl (C=O) groups excluding carboxylic acids is 1. The second kappa shape index (κ2) is 8.95. The van der Waals surface area contributed by atoms with Crippen molar-refractivity contribution >= 4 is 44.4 Å². The summed E-state index contributed by atoms with van der Waals surface area (Å²) in [5.74, 6) is -0.539. The van der Waals surface area contributed by atoms with E-state index in [4.69, 9.17) is 0 Å². The van der Waals surface area contributed by atoms with Gasteiger partial charge in [0.25, 0.3) is 0 Å². The number of nitrogens with zero attached hydrogens (tertiary/aromatic N) is 3. The molecule has 5 nitrogen and oxygen atoms in total. The molecular weight excluding hydrogens is 375 g/mol. The largest absolute Gasteiger partial charge is 0.350 e. The molecule has 0 aliphatic carbocycles. The smallest absolute Gasteiger partial charge is 0.248 e. The van der Waals surface area contributed by atoms with Crippen LogP contribution in [0.25, 0.3) is 16.3 Å². The lowest BCUT2D eigenvalue weighted by atomic mass is 10.2. The molecule has 0 aliphatic heterocycles. The van der Waals surface area contributed by atoms with Crippen LogP contribution in [0.3, 0.4) is 0 Å². The molecule has 0 bridgehead atoms. The maximum atomic E-state index is 12.9. The molecule has 7 heteroatoms. The first kappa shape index (κ1) is 20.0. The van der Waals surface area contributed by atoms with E-state index in [1.54, 1.807) is 29.5 Å². The summed E-state index contributed by atoms with van der Waals surface area (Å²) in [7, 11) is 6.13. The van der Waals surface area contributed by atoms with Crippen LogP contribution in [0.2, 0.25) is 0 Å². The monoisotopic (exact) mass is 398 g/mol. The lowest BCUT2D eigenvalue weighted by Crippen LogP contribution is -2.28. The quantitative estimate of drug-likeness (QED) is 0.609. The number of thiazole rings is 1. The van der Waals surface area contributed by atoms with Crippen LogP contribution in [0.4, 0.5) is 15.2 Å². The van der Waals surface area contributed by atoms with Crippen LogP contribution in [0.1, 0.15) is 5.56 Å². The highest BCUT2D eigenvalue weighted by Crippen LogP contribution is 2.30. The van der Waals surface area contributed by atoms with Gasteiger partial charge in [0, 0.05) is 31.9 Å². The maximum Gasteiger partial charge on any atom is 0.248 e. The summed E-state index contributed by atoms with van der Waals surface area (Å²) in [5, 5.41) is 3.81. The molecule has 0 radical (unpaired) electrons. The molecule has 0 saturated carbocycles. The van der Waals surface area contributed by atoms with Crippen LogP contribution in [-0.4, -0.2) is 50.0 Å². The topological polar surface area (TPSA) is 48.5 Å². The highest BCUT2D eigenvalue weighted by molar-refractivity contribution is 7.22. The van der Waals surface area contributed by atoms with Gasteiger partial charge in [-0.1, -0.05) is 23.5 Å². The Morgan fingerprint density at radius 3 is 2.61 bits per heavy atom. The van der Waals surface area contributed by atoms with Gasteiger partial charge >= 0.3 is 0 Å². The van der Waals surface area contributed by atoms with Crippen LogP contribution in [0.5, 0.6) is 0 Å². The average Bonchev–Trinajstić information content (AvgIpc) is 3.09. The predicted molar refractivity (Wildman–Crippen MR) is 116 cm³/mol. The number of amides is 1. The van der Waals surface area contributed by atoms with Crippen LogP contribution < -0.4 is 10.2 Å². The molecule has 1 aromatic heterocycles. The molecule has 146 valence electrons. The zero-order valence-corrected chi connectivity index (χ0v) is 17.0. The second-order valence-electron chi connectivity index (χ2n) is 6.78. The van der Waals surface area contributed by atoms with E-state index in [1.807, 2.05) is 39.3 Å². The number of hydrogen-bond acceptors (Lipinski definition) is 5. The number of halogens is 1. The molecular formula is C21H23FN4OS. The predicted octanol–water partition coefficient (Wildman–Crippen LogP) is 4.09. The summed E-state index contributed by atoms with van der Waals surface area (Å²) in [6.45, 7) is 1.85. The summed E-state index contributed by atoms with van der Waals surface area (Å²) in [6.07, 6.45) is 3.09. The Bertz CT molecular complexity index is 982. The van der Waals surface area contributed by atoms with E-state index in [0.717, 1.165) is 34.0 Å². The number of aromatic nitrogens is 1. The van der Waals surface area contributed by atoms with Gasteiger partial charge in [-0.25, -0.2) is 9.37 Å². The molecule has 0 saturated heterocycles. The molecule has 0 unspecified atom stereocenters. The van der Waals surface area contributed by atoms with E-state index in [9.17, 15) is 9.18 Å². The van der Waals surface area contributed by atoms with Gasteiger partial charge in [0.05, 0.1) is 10.2 Å². The SMILES string of the molecule is CN(C)CCN(C)c1nc2ccc(NC(=O)/C=C\c3ccc(F)cc3)cc2s1. The van der Waals surface area contributed by atoms with E-state index in [1.165, 1.54) is 18.2 Å². The summed E-state index contributed by atoms with van der Waals surface area (Å²) in [5.41, 5.74) is 2.39. The zero-order chi connectivity index (χ0) is 20.1. The van der Waals surface area contributed by atoms with Crippen LogP contribution in [0, 0.1) is 5.82 Å². The Labute approximate surface area is 168 Å². The van der Waals surface area contributed by atoms with E-state index in [0.29, 0.717) is 5.69 Å². The number of hydrogen-bond donors (Lipinski definition) is 1. The van der Waals surface area contributed by atoms with Crippen molar-refractivity contribution in [3.8, 4) is 0 Å². The molecule has 0 aliphatic rings. The minimum atomic E-state index is -0.300. The number of benzene rings is 2. The zero-order valence-electron chi connectivity index (χ0n) is 16.1. The molecule has 0 spiro atoms. The summed E-state index contributed by atoms with van der Waals surface area (Å²) >= 11 is 1.60. The number of likely N-dealkylation sites (N-methyl/N-ethyl adjacent to an activating group) is 2. The Balaban J connectivity index is 1.66. The van der Waals surface area contributed by atoms with Gasteiger partial charge in [0.1, 0.15) is 5.82 Å². The lowest BCUT2D eigenvalue weighted by molar-refractivity contribution is -0.111. The van der Waals surface area contributed by atoms with Gasteiger partial charge in [-0.05, 0) is 56.1 Å². The molecule has 1 heterocycles. The molecule has 2 aromatic carbocycles. The summed E-state index contributed by atoms with van der Waals surface area (Å²) in [4.78, 5) is 21.1. The molecule has 3 aromatic rings. The number of fused-ring (bicyclic) bond motifs is 1. The fraction of sp³-hybridized carbons (Fsp3) is 0.238. The second-order valence-corrected chi connectivity index (χ2v) is 7.79. The van der Waals surface area contributed by atoms with E-state index < -0.39 is 0 Å². The normalized spacial score (nSPS) is 11.5. The fourth-order valence-electron chi connectivity index (χ4n) is 2.53. The first-order chi connectivity index (χ1) is 13.4. The Hall–Kier alpha value is -2.77. The highest BCUT2D eigenvalue weighted by atomic mass is 32.1. The van der Waals surface area contributed by atoms with Crippen molar-refractivity contribution in [3.63, 3.8) is 0 Å². The van der Waals surface area contributed by atoms with E-state index in [2.05, 4.69) is 20.1 Å². The molecule has 0 fully saturated rings. The van der Waals surface area contributed by atoms with Gasteiger partial charge in [-0.2, -0.15) is 0 Å². The fourth-order valence-corrected chi connectivity index (χ4v) is 3.52. The van der Waals surface area contributed by atoms with Crippen LogP contribution in [0.15, 0.2) is 48.5 Å². The van der Waals surface area contributed by atoms with Crippen molar-refractivity contribution in [2.24, 2.45) is 0 Å². The van der Waals surface area contributed by atoms with Crippen LogP contribution in [-0.2, 0) is 4.79 Å². The standard InChI is InChI=1S/C21H23FN4OS/c1-25(2)12-13-26(3)21-24-18-10-9-17(14-19(18)28-21)23-20(27)11-6-15-4-7-16(22)8-5-15/h4-11,14H,12-13H2,1-3H3,(H,23,27)/b11-6-. The van der Waals surface area contributed by atoms with Gasteiger partial charge in [0.15, 0.2) is 5.13 Å². The van der Waals surface area contributed by atoms with Crippen molar-refractivity contribution in [1.82, 2.24) is 9.88 Å². The van der Waals surface area contributed by atoms with Gasteiger partial charge < -0.3 is 15.1 Å². The molecule has 0 atom stereocenters. The third-order valence-electron chi connectivity index (χ3n) is 4.15. The van der Waals surface area contributed by atoms with Crippen LogP contribution >= 0.6 is 11.3 Å². The van der Waals surface area contributed by atoms with E-state index >= 15 is 0 Å². The van der Waals surface area contributed by atoms with Gasteiger partial charge in [0.2, 0.25) is 5.91 Å². The van der Waals surface area contributed by atoms with Crippen molar-refractivity contribution in [2.75, 3.05) is 44.4 Å². The van der Waals surface area contributed by atoms with Gasteiger partial charge in [-0.3, -0.25) is 4.79 Å². The Kier molecular flexibility index (Phi) is 6.38. The Morgan fingerprint density at radius 1 is 1.14 bits per heavy atom. The minimum absolute atomic E-state index is 0.239. The third-order valence-corrected chi connectivity index (χ3v) is 5.28. The average molecular weight is 399 g/mol. The first-order valence-electron chi connectivity index (χ1n) is 8.92. The molecule has 1 amide bonds. The molecule has 3 rings (SSSR count). The molecule has 1 N–H and O–H groups in total. The van der Waals surface area contributed by atoms with Crippen molar-refractivity contribution in [2.45, 2.75) is 0 Å². The minimum Gasteiger partial charge on any atom is -0.350 e. The third kappa shape index (κ3) is 5.37. The summed E-state index contributed by atoms with van der Waals surface area (Å²) in [6, 6.07) is 11.7. The number of nitrogens with one attached hydrogen (secondary N) is 1.